The van der Waals surface area contributed by atoms with Crippen molar-refractivity contribution in [1.82, 2.24) is 9.55 Å². The van der Waals surface area contributed by atoms with Gasteiger partial charge in [-0.1, -0.05) is 24.3 Å². The summed E-state index contributed by atoms with van der Waals surface area (Å²) in [7, 11) is 0. The molecule has 0 saturated carbocycles. The Labute approximate surface area is 258 Å². The number of amides is 1. The third-order valence-electron chi connectivity index (χ3n) is 6.86. The van der Waals surface area contributed by atoms with Gasteiger partial charge in [0.05, 0.1) is 63.8 Å². The van der Waals surface area contributed by atoms with Gasteiger partial charge < -0.3 is 39.0 Å². The minimum atomic E-state index is -0.517. The summed E-state index contributed by atoms with van der Waals surface area (Å²) in [5, 5.41) is 2.57. The number of anilines is 2. The van der Waals surface area contributed by atoms with Gasteiger partial charge in [-0.25, -0.2) is 0 Å². The first kappa shape index (κ1) is 34.6. The number of nitrogens with two attached hydrogens (primary N) is 1. The Morgan fingerprint density at radius 1 is 0.955 bits per heavy atom. The third-order valence-corrected chi connectivity index (χ3v) is 6.86. The van der Waals surface area contributed by atoms with Crippen LogP contribution in [0.25, 0.3) is 10.8 Å². The average Bonchev–Trinajstić information content (AvgIpc) is 3.05. The molecule has 3 heterocycles. The molecule has 1 fully saturated rings. The van der Waals surface area contributed by atoms with Gasteiger partial charge in [0.1, 0.15) is 6.54 Å². The minimum Gasteiger partial charge on any atom is -0.465 e. The first-order valence-electron chi connectivity index (χ1n) is 15.2. The molecule has 0 radical (unpaired) electrons. The van der Waals surface area contributed by atoms with Crippen LogP contribution in [0.4, 0.5) is 11.4 Å². The summed E-state index contributed by atoms with van der Waals surface area (Å²) in [4.78, 5) is 43.0. The molecular formula is C32H45N5O7. The molecule has 3 aromatic rings. The van der Waals surface area contributed by atoms with Gasteiger partial charge in [-0.3, -0.25) is 19.4 Å². The Morgan fingerprint density at radius 3 is 2.36 bits per heavy atom. The van der Waals surface area contributed by atoms with Crippen molar-refractivity contribution in [3.8, 4) is 0 Å². The molecule has 2 aromatic heterocycles. The SMILES string of the molecule is CCOC(=O)Cn1cc(N(C=O)CCOCCOCCOCCN)ccc1=O.c1ccc2c(N3CCCCC3)cncc2c1. The highest BCUT2D eigenvalue weighted by Gasteiger charge is 2.13. The number of esters is 1. The summed E-state index contributed by atoms with van der Waals surface area (Å²) in [6.07, 6.45) is 10.0. The summed E-state index contributed by atoms with van der Waals surface area (Å²) in [5.41, 5.74) is 6.73. The van der Waals surface area contributed by atoms with Crippen LogP contribution in [0.2, 0.25) is 0 Å². The van der Waals surface area contributed by atoms with Crippen LogP contribution in [0.15, 0.2) is 59.8 Å². The predicted octanol–water partition coefficient (Wildman–Crippen LogP) is 2.61. The highest BCUT2D eigenvalue weighted by molar-refractivity contribution is 5.93. The van der Waals surface area contributed by atoms with E-state index in [-0.39, 0.29) is 18.7 Å². The van der Waals surface area contributed by atoms with Crippen molar-refractivity contribution in [1.29, 1.82) is 0 Å². The fourth-order valence-corrected chi connectivity index (χ4v) is 4.68. The number of rotatable bonds is 17. The zero-order valence-corrected chi connectivity index (χ0v) is 25.6. The average molecular weight is 612 g/mol. The number of piperidine rings is 1. The van der Waals surface area contributed by atoms with Crippen molar-refractivity contribution >= 4 is 34.5 Å². The largest absolute Gasteiger partial charge is 0.465 e. The van der Waals surface area contributed by atoms with Crippen LogP contribution in [0.5, 0.6) is 0 Å². The first-order chi connectivity index (χ1) is 21.6. The maximum Gasteiger partial charge on any atom is 0.326 e. The van der Waals surface area contributed by atoms with Crippen LogP contribution >= 0.6 is 0 Å². The lowest BCUT2D eigenvalue weighted by Gasteiger charge is -2.29. The van der Waals surface area contributed by atoms with E-state index in [0.29, 0.717) is 64.8 Å². The maximum absolute atomic E-state index is 11.9. The Hall–Kier alpha value is -3.84. The summed E-state index contributed by atoms with van der Waals surface area (Å²) < 4.78 is 22.0. The van der Waals surface area contributed by atoms with E-state index >= 15 is 0 Å². The van der Waals surface area contributed by atoms with Crippen molar-refractivity contribution in [2.75, 3.05) is 82.2 Å². The summed E-state index contributed by atoms with van der Waals surface area (Å²) >= 11 is 0. The Bertz CT molecular complexity index is 1320. The Balaban J connectivity index is 0.000000275. The van der Waals surface area contributed by atoms with Gasteiger partial charge in [0.2, 0.25) is 6.41 Å². The van der Waals surface area contributed by atoms with E-state index in [9.17, 15) is 14.4 Å². The number of carbonyl (C=O) groups is 2. The molecule has 1 saturated heterocycles. The highest BCUT2D eigenvalue weighted by Crippen LogP contribution is 2.27. The van der Waals surface area contributed by atoms with Gasteiger partial charge >= 0.3 is 5.97 Å². The van der Waals surface area contributed by atoms with E-state index in [0.717, 1.165) is 0 Å². The number of aromatic nitrogens is 2. The number of nitrogens with zero attached hydrogens (tertiary/aromatic N) is 4. The maximum atomic E-state index is 11.9. The molecule has 0 bridgehead atoms. The monoisotopic (exact) mass is 611 g/mol. The zero-order chi connectivity index (χ0) is 31.4. The van der Waals surface area contributed by atoms with Gasteiger partial charge in [-0.05, 0) is 32.3 Å². The van der Waals surface area contributed by atoms with Crippen LogP contribution in [0.1, 0.15) is 26.2 Å². The van der Waals surface area contributed by atoms with Crippen molar-refractivity contribution in [3.05, 3.63) is 65.3 Å². The molecule has 12 nitrogen and oxygen atoms in total. The van der Waals surface area contributed by atoms with Crippen LogP contribution in [-0.4, -0.2) is 94.4 Å². The van der Waals surface area contributed by atoms with Crippen LogP contribution in [-0.2, 0) is 35.1 Å². The van der Waals surface area contributed by atoms with Gasteiger partial charge in [0.15, 0.2) is 0 Å². The normalized spacial score (nSPS) is 12.8. The number of hydrogen-bond donors (Lipinski definition) is 1. The summed E-state index contributed by atoms with van der Waals surface area (Å²) in [6.45, 7) is 7.38. The number of carbonyl (C=O) groups excluding carboxylic acids is 2. The van der Waals surface area contributed by atoms with Crippen molar-refractivity contribution in [3.63, 3.8) is 0 Å². The molecule has 1 aliphatic rings. The fourth-order valence-electron chi connectivity index (χ4n) is 4.68. The summed E-state index contributed by atoms with van der Waals surface area (Å²) in [6, 6.07) is 11.3. The van der Waals surface area contributed by atoms with Crippen molar-refractivity contribution in [2.45, 2.75) is 32.7 Å². The number of fused-ring (bicyclic) bond motifs is 1. The second-order valence-corrected chi connectivity index (χ2v) is 10.0. The molecule has 240 valence electrons. The molecule has 1 aromatic carbocycles. The lowest BCUT2D eigenvalue weighted by molar-refractivity contribution is -0.143. The topological polar surface area (TPSA) is 138 Å². The lowest BCUT2D eigenvalue weighted by atomic mass is 10.1. The van der Waals surface area contributed by atoms with E-state index in [1.165, 1.54) is 76.6 Å². The number of ether oxygens (including phenoxy) is 4. The molecule has 12 heteroatoms. The molecular weight excluding hydrogens is 566 g/mol. The molecule has 44 heavy (non-hydrogen) atoms. The Kier molecular flexibility index (Phi) is 15.9. The van der Waals surface area contributed by atoms with E-state index in [2.05, 4.69) is 34.1 Å². The highest BCUT2D eigenvalue weighted by atomic mass is 16.5. The standard InChI is InChI=1S/C18H29N3O7.C14H16N2/c1-2-28-18(24)14-21-13-16(3-4-17(21)23)20(15-22)6-8-26-10-12-27-11-9-25-7-5-19;1-4-8-16(9-5-1)14-11-15-10-12-6-2-3-7-13(12)14/h3-4,13,15H,2,5-12,14,19H2,1H3;2-3,6-7,10-11H,1,4-5,8-9H2. The first-order valence-corrected chi connectivity index (χ1v) is 15.2. The second-order valence-electron chi connectivity index (χ2n) is 10.0. The Morgan fingerprint density at radius 2 is 1.66 bits per heavy atom. The molecule has 0 atom stereocenters. The van der Waals surface area contributed by atoms with Crippen molar-refractivity contribution in [2.24, 2.45) is 5.73 Å². The molecule has 1 amide bonds. The lowest BCUT2D eigenvalue weighted by Crippen LogP contribution is -2.30. The second kappa shape index (κ2) is 20.2. The molecule has 0 spiro atoms. The van der Waals surface area contributed by atoms with Gasteiger partial charge in [0, 0.05) is 55.4 Å². The van der Waals surface area contributed by atoms with Crippen LogP contribution in [0.3, 0.4) is 0 Å². The zero-order valence-electron chi connectivity index (χ0n) is 25.6. The number of hydrogen-bond acceptors (Lipinski definition) is 10. The molecule has 2 N–H and O–H groups in total. The number of pyridine rings is 2. The molecule has 1 aliphatic heterocycles. The molecule has 4 rings (SSSR count). The van der Waals surface area contributed by atoms with E-state index < -0.39 is 5.97 Å². The van der Waals surface area contributed by atoms with Crippen LogP contribution < -0.4 is 21.1 Å². The van der Waals surface area contributed by atoms with E-state index in [1.807, 2.05) is 12.4 Å². The van der Waals surface area contributed by atoms with Crippen LogP contribution in [0, 0.1) is 0 Å². The van der Waals surface area contributed by atoms with Gasteiger partial charge in [-0.2, -0.15) is 0 Å². The minimum absolute atomic E-state index is 0.212. The molecule has 0 unspecified atom stereocenters. The number of benzene rings is 1. The van der Waals surface area contributed by atoms with Crippen molar-refractivity contribution < 1.29 is 28.5 Å². The van der Waals surface area contributed by atoms with Gasteiger partial charge in [0.25, 0.3) is 5.56 Å². The van der Waals surface area contributed by atoms with E-state index in [4.69, 9.17) is 24.7 Å². The third kappa shape index (κ3) is 11.7. The van der Waals surface area contributed by atoms with E-state index in [1.54, 1.807) is 6.92 Å². The molecule has 0 aliphatic carbocycles. The van der Waals surface area contributed by atoms with Gasteiger partial charge in [-0.15, -0.1) is 0 Å². The predicted molar refractivity (Wildman–Crippen MR) is 170 cm³/mol. The quantitative estimate of drug-likeness (QED) is 0.138. The summed E-state index contributed by atoms with van der Waals surface area (Å²) in [5.74, 6) is -0.517. The smallest absolute Gasteiger partial charge is 0.326 e. The fraction of sp³-hybridized carbons (Fsp3) is 0.500.